The maximum absolute atomic E-state index is 10.0. The Morgan fingerprint density at radius 2 is 2.30 bits per heavy atom. The van der Waals surface area contributed by atoms with E-state index in [0.29, 0.717) is 0 Å². The minimum Gasteiger partial charge on any atom is -0.442 e. The van der Waals surface area contributed by atoms with Gasteiger partial charge in [-0.25, -0.2) is 4.79 Å². The highest BCUT2D eigenvalue weighted by atomic mass is 16.5. The van der Waals surface area contributed by atoms with Gasteiger partial charge in [-0.2, -0.15) is 0 Å². The number of hydrogen-bond acceptors (Lipinski definition) is 2. The van der Waals surface area contributed by atoms with E-state index in [2.05, 4.69) is 11.7 Å². The molecule has 10 heavy (non-hydrogen) atoms. The Hall–Kier alpha value is -0.730. The van der Waals surface area contributed by atoms with Crippen LogP contribution in [-0.2, 0) is 4.74 Å². The average molecular weight is 144 g/mol. The zero-order valence-electron chi connectivity index (χ0n) is 6.30. The van der Waals surface area contributed by atoms with Crippen molar-refractivity contribution in [3.05, 3.63) is 6.61 Å². The molecule has 0 saturated heterocycles. The van der Waals surface area contributed by atoms with Crippen LogP contribution in [0, 0.1) is 6.61 Å². The molecule has 3 nitrogen and oxygen atoms in total. The Kier molecular flexibility index (Phi) is 5.92. The molecule has 0 aromatic carbocycles. The summed E-state index contributed by atoms with van der Waals surface area (Å²) in [6.07, 6.45) is 3.47. The fraction of sp³-hybridized carbons (Fsp3) is 0.714. The standard InChI is InChI=1S/C7H14NO2/c1-2-3-4-5-6-10-7(8)9/h6H,2-5H2,1H3,(H2,8,9). The summed E-state index contributed by atoms with van der Waals surface area (Å²) < 4.78 is 4.40. The number of rotatable bonds is 5. The van der Waals surface area contributed by atoms with E-state index in [0.717, 1.165) is 12.8 Å². The lowest BCUT2D eigenvalue weighted by atomic mass is 10.2. The minimum atomic E-state index is -0.725. The van der Waals surface area contributed by atoms with E-state index in [1.54, 1.807) is 0 Å². The topological polar surface area (TPSA) is 52.3 Å². The zero-order chi connectivity index (χ0) is 7.82. The molecule has 0 aliphatic carbocycles. The van der Waals surface area contributed by atoms with Crippen LogP contribution >= 0.6 is 0 Å². The second kappa shape index (κ2) is 6.39. The summed E-state index contributed by atoms with van der Waals surface area (Å²) >= 11 is 0. The van der Waals surface area contributed by atoms with Crippen molar-refractivity contribution >= 4 is 6.09 Å². The van der Waals surface area contributed by atoms with Crippen molar-refractivity contribution in [2.75, 3.05) is 0 Å². The van der Waals surface area contributed by atoms with Crippen LogP contribution in [0.1, 0.15) is 32.6 Å². The van der Waals surface area contributed by atoms with Gasteiger partial charge >= 0.3 is 6.09 Å². The number of carbonyl (C=O) groups is 1. The molecule has 0 bridgehead atoms. The molecule has 0 atom stereocenters. The number of hydrogen-bond donors (Lipinski definition) is 1. The van der Waals surface area contributed by atoms with E-state index >= 15 is 0 Å². The van der Waals surface area contributed by atoms with Gasteiger partial charge in [-0.3, -0.25) is 0 Å². The number of carbonyl (C=O) groups excluding carboxylic acids is 1. The van der Waals surface area contributed by atoms with Crippen molar-refractivity contribution in [2.45, 2.75) is 32.6 Å². The van der Waals surface area contributed by atoms with Gasteiger partial charge in [-0.15, -0.1) is 0 Å². The van der Waals surface area contributed by atoms with Gasteiger partial charge in [0.05, 0.1) is 0 Å². The molecule has 59 valence electrons. The van der Waals surface area contributed by atoms with Crippen LogP contribution < -0.4 is 5.73 Å². The molecule has 0 heterocycles. The molecule has 0 aromatic rings. The van der Waals surface area contributed by atoms with E-state index in [4.69, 9.17) is 5.73 Å². The Bertz CT molecular complexity index is 93.6. The van der Waals surface area contributed by atoms with Gasteiger partial charge in [-0.05, 0) is 12.8 Å². The predicted octanol–water partition coefficient (Wildman–Crippen LogP) is 1.82. The van der Waals surface area contributed by atoms with E-state index in [9.17, 15) is 4.79 Å². The van der Waals surface area contributed by atoms with Crippen molar-refractivity contribution < 1.29 is 9.53 Å². The molecule has 0 aliphatic heterocycles. The Balaban J connectivity index is 2.84. The molecule has 1 amide bonds. The molecule has 2 N–H and O–H groups in total. The number of primary amides is 1. The number of amides is 1. The van der Waals surface area contributed by atoms with Crippen molar-refractivity contribution in [3.63, 3.8) is 0 Å². The van der Waals surface area contributed by atoms with Crippen LogP contribution in [0.4, 0.5) is 4.79 Å². The summed E-state index contributed by atoms with van der Waals surface area (Å²) in [5, 5.41) is 0. The molecule has 0 aliphatic rings. The number of unbranched alkanes of at least 4 members (excludes halogenated alkanes) is 3. The lowest BCUT2D eigenvalue weighted by molar-refractivity contribution is 0.179. The quantitative estimate of drug-likeness (QED) is 0.598. The van der Waals surface area contributed by atoms with Gasteiger partial charge in [-0.1, -0.05) is 19.8 Å². The first-order chi connectivity index (χ1) is 4.77. The molecule has 0 rings (SSSR count). The van der Waals surface area contributed by atoms with Crippen LogP contribution in [0.2, 0.25) is 0 Å². The Morgan fingerprint density at radius 1 is 1.60 bits per heavy atom. The maximum atomic E-state index is 10.0. The second-order valence-corrected chi connectivity index (χ2v) is 2.10. The molecule has 0 unspecified atom stereocenters. The van der Waals surface area contributed by atoms with Crippen LogP contribution in [0.5, 0.6) is 0 Å². The van der Waals surface area contributed by atoms with Crippen molar-refractivity contribution in [3.8, 4) is 0 Å². The van der Waals surface area contributed by atoms with Gasteiger partial charge in [0, 0.05) is 0 Å². The molecule has 3 heteroatoms. The van der Waals surface area contributed by atoms with E-state index in [1.807, 2.05) is 0 Å². The molecule has 0 spiro atoms. The van der Waals surface area contributed by atoms with Gasteiger partial charge < -0.3 is 10.5 Å². The first-order valence-corrected chi connectivity index (χ1v) is 3.55. The minimum absolute atomic E-state index is 0.725. The SMILES string of the molecule is CCCCC[CH]OC(N)=O. The highest BCUT2D eigenvalue weighted by Crippen LogP contribution is 2.01. The Labute approximate surface area is 61.5 Å². The first kappa shape index (κ1) is 9.27. The van der Waals surface area contributed by atoms with E-state index in [-0.39, 0.29) is 0 Å². The summed E-state index contributed by atoms with van der Waals surface area (Å²) in [7, 11) is 0. The molecule has 0 fully saturated rings. The van der Waals surface area contributed by atoms with Crippen LogP contribution in [0.3, 0.4) is 0 Å². The largest absolute Gasteiger partial charge is 0.442 e. The molecular weight excluding hydrogens is 130 g/mol. The van der Waals surface area contributed by atoms with Crippen molar-refractivity contribution in [2.24, 2.45) is 5.73 Å². The fourth-order valence-electron chi connectivity index (χ4n) is 0.619. The molecule has 0 saturated carbocycles. The Morgan fingerprint density at radius 3 is 2.80 bits per heavy atom. The van der Waals surface area contributed by atoms with Gasteiger partial charge in [0.15, 0.2) is 0 Å². The van der Waals surface area contributed by atoms with Gasteiger partial charge in [0.1, 0.15) is 6.61 Å². The predicted molar refractivity (Wildman–Crippen MR) is 39.1 cm³/mol. The van der Waals surface area contributed by atoms with Gasteiger partial charge in [0.25, 0.3) is 0 Å². The third-order valence-corrected chi connectivity index (χ3v) is 1.13. The second-order valence-electron chi connectivity index (χ2n) is 2.10. The fourth-order valence-corrected chi connectivity index (χ4v) is 0.619. The molecular formula is C7H14NO2. The number of nitrogens with two attached hydrogens (primary N) is 1. The van der Waals surface area contributed by atoms with E-state index < -0.39 is 6.09 Å². The molecule has 1 radical (unpaired) electrons. The third kappa shape index (κ3) is 7.27. The summed E-state index contributed by atoms with van der Waals surface area (Å²) in [5.74, 6) is 0. The highest BCUT2D eigenvalue weighted by molar-refractivity contribution is 5.64. The number of ether oxygens (including phenoxy) is 1. The first-order valence-electron chi connectivity index (χ1n) is 3.55. The molecule has 0 aromatic heterocycles. The lowest BCUT2D eigenvalue weighted by Gasteiger charge is -1.97. The normalized spacial score (nSPS) is 9.30. The van der Waals surface area contributed by atoms with Crippen molar-refractivity contribution in [1.29, 1.82) is 0 Å². The smallest absolute Gasteiger partial charge is 0.404 e. The van der Waals surface area contributed by atoms with Crippen LogP contribution in [0.15, 0.2) is 0 Å². The van der Waals surface area contributed by atoms with Gasteiger partial charge in [0.2, 0.25) is 0 Å². The van der Waals surface area contributed by atoms with E-state index in [1.165, 1.54) is 19.4 Å². The summed E-state index contributed by atoms with van der Waals surface area (Å²) in [5.41, 5.74) is 4.71. The summed E-state index contributed by atoms with van der Waals surface area (Å²) in [6.45, 7) is 3.58. The summed E-state index contributed by atoms with van der Waals surface area (Å²) in [4.78, 5) is 10.0. The van der Waals surface area contributed by atoms with Crippen LogP contribution in [-0.4, -0.2) is 6.09 Å². The monoisotopic (exact) mass is 144 g/mol. The zero-order valence-corrected chi connectivity index (χ0v) is 6.30. The van der Waals surface area contributed by atoms with Crippen LogP contribution in [0.25, 0.3) is 0 Å². The summed E-state index contributed by atoms with van der Waals surface area (Å²) in [6, 6.07) is 0. The maximum Gasteiger partial charge on any atom is 0.404 e. The average Bonchev–Trinajstić information content (AvgIpc) is 1.87. The van der Waals surface area contributed by atoms with Crippen molar-refractivity contribution in [1.82, 2.24) is 0 Å². The highest BCUT2D eigenvalue weighted by Gasteiger charge is 1.92. The lowest BCUT2D eigenvalue weighted by Crippen LogP contribution is -2.10. The third-order valence-electron chi connectivity index (χ3n) is 1.13.